The Morgan fingerprint density at radius 1 is 1.13 bits per heavy atom. The topological polar surface area (TPSA) is 69.0 Å². The molecule has 1 amide bonds. The van der Waals surface area contributed by atoms with Gasteiger partial charge >= 0.3 is 0 Å². The van der Waals surface area contributed by atoms with Gasteiger partial charge in [-0.2, -0.15) is 0 Å². The zero-order chi connectivity index (χ0) is 21.3. The zero-order valence-electron chi connectivity index (χ0n) is 16.5. The van der Waals surface area contributed by atoms with Gasteiger partial charge in [-0.15, -0.1) is 10.2 Å². The van der Waals surface area contributed by atoms with E-state index in [2.05, 4.69) is 15.5 Å². The van der Waals surface area contributed by atoms with Crippen molar-refractivity contribution in [1.29, 1.82) is 0 Å². The van der Waals surface area contributed by atoms with Crippen molar-refractivity contribution in [3.05, 3.63) is 64.1 Å². The molecule has 0 fully saturated rings. The number of aromatic nitrogens is 3. The number of ether oxygens (including phenoxy) is 1. The third-order valence-electron chi connectivity index (χ3n) is 4.23. The van der Waals surface area contributed by atoms with E-state index in [-0.39, 0.29) is 5.91 Å². The summed E-state index contributed by atoms with van der Waals surface area (Å²) in [6.07, 6.45) is 0.912. The summed E-state index contributed by atoms with van der Waals surface area (Å²) >= 11 is 13.6. The minimum atomic E-state index is -0.126. The van der Waals surface area contributed by atoms with Crippen molar-refractivity contribution in [1.82, 2.24) is 14.8 Å². The number of amides is 1. The highest BCUT2D eigenvalue weighted by Gasteiger charge is 2.14. The number of nitrogens with one attached hydrogen (secondary N) is 1. The molecule has 30 heavy (non-hydrogen) atoms. The van der Waals surface area contributed by atoms with E-state index in [0.717, 1.165) is 21.5 Å². The van der Waals surface area contributed by atoms with Crippen LogP contribution in [0.5, 0.6) is 5.75 Å². The fourth-order valence-corrected chi connectivity index (χ4v) is 4.09. The molecule has 1 aromatic heterocycles. The average molecular weight is 465 g/mol. The molecule has 0 bridgehead atoms. The number of thioether (sulfide) groups is 1. The van der Waals surface area contributed by atoms with Crippen molar-refractivity contribution in [2.75, 3.05) is 11.9 Å². The first-order chi connectivity index (χ1) is 14.6. The largest absolute Gasteiger partial charge is 0.494 e. The van der Waals surface area contributed by atoms with Crippen LogP contribution in [0, 0.1) is 0 Å². The Morgan fingerprint density at radius 3 is 2.63 bits per heavy atom. The van der Waals surface area contributed by atoms with Crippen molar-refractivity contribution in [2.45, 2.75) is 37.2 Å². The van der Waals surface area contributed by atoms with Gasteiger partial charge in [-0.05, 0) is 49.2 Å². The number of carbonyl (C=O) groups is 1. The lowest BCUT2D eigenvalue weighted by molar-refractivity contribution is -0.116. The van der Waals surface area contributed by atoms with Crippen molar-refractivity contribution >= 4 is 46.8 Å². The molecule has 0 atom stereocenters. The van der Waals surface area contributed by atoms with Crippen molar-refractivity contribution < 1.29 is 9.53 Å². The van der Waals surface area contributed by atoms with Crippen molar-refractivity contribution in [3.63, 3.8) is 0 Å². The molecule has 2 aromatic carbocycles. The lowest BCUT2D eigenvalue weighted by Gasteiger charge is -2.09. The second kappa shape index (κ2) is 11.2. The van der Waals surface area contributed by atoms with E-state index >= 15 is 0 Å². The van der Waals surface area contributed by atoms with Crippen molar-refractivity contribution in [2.24, 2.45) is 0 Å². The summed E-state index contributed by atoms with van der Waals surface area (Å²) in [5.74, 6) is 1.72. The minimum absolute atomic E-state index is 0.126. The summed E-state index contributed by atoms with van der Waals surface area (Å²) in [5, 5.41) is 13.3. The summed E-state index contributed by atoms with van der Waals surface area (Å²) in [7, 11) is 0. The molecule has 0 saturated heterocycles. The molecule has 3 aromatic rings. The second-order valence-corrected chi connectivity index (χ2v) is 8.17. The van der Waals surface area contributed by atoms with Crippen LogP contribution in [0.2, 0.25) is 10.0 Å². The summed E-state index contributed by atoms with van der Waals surface area (Å²) in [5.41, 5.74) is 1.03. The summed E-state index contributed by atoms with van der Waals surface area (Å²) in [4.78, 5) is 12.3. The maximum atomic E-state index is 12.3. The van der Waals surface area contributed by atoms with Crippen LogP contribution in [0.25, 0.3) is 0 Å². The fourth-order valence-electron chi connectivity index (χ4n) is 2.67. The van der Waals surface area contributed by atoms with Gasteiger partial charge in [-0.1, -0.05) is 53.2 Å². The van der Waals surface area contributed by atoms with E-state index in [0.29, 0.717) is 42.7 Å². The molecule has 6 nitrogen and oxygen atoms in total. The highest BCUT2D eigenvalue weighted by Crippen LogP contribution is 2.27. The smallest absolute Gasteiger partial charge is 0.231 e. The summed E-state index contributed by atoms with van der Waals surface area (Å²) < 4.78 is 7.49. The first-order valence-electron chi connectivity index (χ1n) is 9.54. The molecular formula is C21H22Cl2N4O2S. The van der Waals surface area contributed by atoms with Crippen LogP contribution in [0.4, 0.5) is 5.95 Å². The fraction of sp³-hybridized carbons (Fsp3) is 0.286. The van der Waals surface area contributed by atoms with Gasteiger partial charge in [0, 0.05) is 28.8 Å². The molecular weight excluding hydrogens is 443 g/mol. The van der Waals surface area contributed by atoms with Crippen LogP contribution < -0.4 is 10.1 Å². The maximum absolute atomic E-state index is 12.3. The number of halogens is 2. The number of hydrogen-bond acceptors (Lipinski definition) is 5. The number of carbonyl (C=O) groups excluding carboxylic acids is 1. The van der Waals surface area contributed by atoms with E-state index in [1.54, 1.807) is 24.3 Å². The summed E-state index contributed by atoms with van der Waals surface area (Å²) in [6.45, 7) is 3.07. The standard InChI is InChI=1S/C21H22Cl2N4O2S/c1-2-27-20(25-26-21(27)30-14-15-6-3-4-7-18(15)23)24-19(28)8-5-13-29-17-11-9-16(22)10-12-17/h3-4,6-7,9-12H,2,5,8,13-14H2,1H3,(H,24,25,28). The van der Waals surface area contributed by atoms with Crippen LogP contribution in [0.3, 0.4) is 0 Å². The lowest BCUT2D eigenvalue weighted by atomic mass is 10.2. The van der Waals surface area contributed by atoms with Crippen LogP contribution >= 0.6 is 35.0 Å². The van der Waals surface area contributed by atoms with E-state index in [4.69, 9.17) is 27.9 Å². The number of anilines is 1. The van der Waals surface area contributed by atoms with Crippen molar-refractivity contribution in [3.8, 4) is 5.75 Å². The maximum Gasteiger partial charge on any atom is 0.231 e. The normalized spacial score (nSPS) is 10.8. The highest BCUT2D eigenvalue weighted by molar-refractivity contribution is 7.98. The Morgan fingerprint density at radius 2 is 1.90 bits per heavy atom. The third kappa shape index (κ3) is 6.39. The number of rotatable bonds is 10. The Labute approximate surface area is 189 Å². The third-order valence-corrected chi connectivity index (χ3v) is 5.87. The molecule has 1 heterocycles. The quantitative estimate of drug-likeness (QED) is 0.308. The molecule has 0 saturated carbocycles. The van der Waals surface area contributed by atoms with E-state index < -0.39 is 0 Å². The zero-order valence-corrected chi connectivity index (χ0v) is 18.8. The van der Waals surface area contributed by atoms with E-state index in [1.165, 1.54) is 11.8 Å². The molecule has 0 spiro atoms. The molecule has 9 heteroatoms. The second-order valence-electron chi connectivity index (χ2n) is 6.38. The van der Waals surface area contributed by atoms with Gasteiger partial charge < -0.3 is 4.74 Å². The monoisotopic (exact) mass is 464 g/mol. The van der Waals surface area contributed by atoms with Gasteiger partial charge in [-0.3, -0.25) is 14.7 Å². The molecule has 3 rings (SSSR count). The first-order valence-corrected chi connectivity index (χ1v) is 11.3. The highest BCUT2D eigenvalue weighted by atomic mass is 35.5. The molecule has 0 aliphatic heterocycles. The Bertz CT molecular complexity index is 979. The van der Waals surface area contributed by atoms with Crippen LogP contribution in [-0.2, 0) is 17.1 Å². The van der Waals surface area contributed by atoms with Gasteiger partial charge in [0.25, 0.3) is 0 Å². The summed E-state index contributed by atoms with van der Waals surface area (Å²) in [6, 6.07) is 14.8. The van der Waals surface area contributed by atoms with Gasteiger partial charge in [0.1, 0.15) is 5.75 Å². The molecule has 0 aliphatic rings. The molecule has 0 unspecified atom stereocenters. The van der Waals surface area contributed by atoms with Gasteiger partial charge in [0.15, 0.2) is 5.16 Å². The van der Waals surface area contributed by atoms with Crippen LogP contribution in [0.1, 0.15) is 25.3 Å². The minimum Gasteiger partial charge on any atom is -0.494 e. The molecule has 158 valence electrons. The first kappa shape index (κ1) is 22.5. The molecule has 1 N–H and O–H groups in total. The Hall–Kier alpha value is -2.22. The predicted molar refractivity (Wildman–Crippen MR) is 122 cm³/mol. The SMILES string of the molecule is CCn1c(NC(=O)CCCOc2ccc(Cl)cc2)nnc1SCc1ccccc1Cl. The molecule has 0 aliphatic carbocycles. The van der Waals surface area contributed by atoms with E-state index in [1.807, 2.05) is 35.8 Å². The number of benzene rings is 2. The van der Waals surface area contributed by atoms with Crippen LogP contribution in [-0.4, -0.2) is 27.3 Å². The Kier molecular flexibility index (Phi) is 8.42. The lowest BCUT2D eigenvalue weighted by Crippen LogP contribution is -2.16. The van der Waals surface area contributed by atoms with Gasteiger partial charge in [-0.25, -0.2) is 0 Å². The average Bonchev–Trinajstić information content (AvgIpc) is 3.13. The van der Waals surface area contributed by atoms with Gasteiger partial charge in [0.2, 0.25) is 11.9 Å². The van der Waals surface area contributed by atoms with Gasteiger partial charge in [0.05, 0.1) is 6.61 Å². The number of nitrogens with zero attached hydrogens (tertiary/aromatic N) is 3. The molecule has 0 radical (unpaired) electrons. The van der Waals surface area contributed by atoms with E-state index in [9.17, 15) is 4.79 Å². The van der Waals surface area contributed by atoms with Crippen LogP contribution in [0.15, 0.2) is 53.7 Å². The predicted octanol–water partition coefficient (Wildman–Crippen LogP) is 5.69. The Balaban J connectivity index is 1.47. The number of hydrogen-bond donors (Lipinski definition) is 1.